The molecule has 19 heavy (non-hydrogen) atoms. The lowest BCUT2D eigenvalue weighted by molar-refractivity contribution is 0.199. The van der Waals surface area contributed by atoms with Gasteiger partial charge < -0.3 is 10.1 Å². The van der Waals surface area contributed by atoms with Gasteiger partial charge in [0.1, 0.15) is 6.33 Å². The number of H-pyrrole nitrogens is 1. The molecule has 1 aromatic heterocycles. The third-order valence-corrected chi connectivity index (χ3v) is 3.81. The number of aromatic nitrogens is 3. The quantitative estimate of drug-likeness (QED) is 0.768. The molecular weight excluding hydrogens is 284 g/mol. The van der Waals surface area contributed by atoms with Crippen LogP contribution >= 0.6 is 23.4 Å². The molecule has 0 fully saturated rings. The molecule has 0 aliphatic rings. The summed E-state index contributed by atoms with van der Waals surface area (Å²) in [7, 11) is 1.68. The van der Waals surface area contributed by atoms with Crippen molar-refractivity contribution in [2.75, 3.05) is 20.3 Å². The molecule has 0 amide bonds. The van der Waals surface area contributed by atoms with Gasteiger partial charge in [0.2, 0.25) is 0 Å². The minimum atomic E-state index is 0.676. The summed E-state index contributed by atoms with van der Waals surface area (Å²) in [6, 6.07) is 5.84. The Morgan fingerprint density at radius 2 is 2.37 bits per heavy atom. The van der Waals surface area contributed by atoms with Crippen LogP contribution in [0.25, 0.3) is 0 Å². The summed E-state index contributed by atoms with van der Waals surface area (Å²) in [5.41, 5.74) is 1.06. The second-order valence-electron chi connectivity index (χ2n) is 3.78. The lowest BCUT2D eigenvalue weighted by atomic mass is 10.2. The molecule has 0 radical (unpaired) electrons. The zero-order valence-electron chi connectivity index (χ0n) is 10.5. The fraction of sp³-hybridized carbons (Fsp3) is 0.333. The number of halogens is 1. The van der Waals surface area contributed by atoms with Crippen molar-refractivity contribution in [3.05, 3.63) is 35.1 Å². The first kappa shape index (κ1) is 14.3. The van der Waals surface area contributed by atoms with Crippen LogP contribution in [0.1, 0.15) is 5.56 Å². The fourth-order valence-corrected chi connectivity index (χ4v) is 2.70. The lowest BCUT2D eigenvalue weighted by Gasteiger charge is -2.11. The molecule has 0 bridgehead atoms. The maximum atomic E-state index is 6.25. The topological polar surface area (TPSA) is 62.8 Å². The first-order valence-corrected chi connectivity index (χ1v) is 7.01. The minimum Gasteiger partial charge on any atom is -0.383 e. The number of aromatic amines is 1. The highest BCUT2D eigenvalue weighted by molar-refractivity contribution is 7.99. The highest BCUT2D eigenvalue weighted by Crippen LogP contribution is 2.31. The van der Waals surface area contributed by atoms with Crippen LogP contribution in [0.2, 0.25) is 5.02 Å². The van der Waals surface area contributed by atoms with Crippen molar-refractivity contribution in [3.63, 3.8) is 0 Å². The van der Waals surface area contributed by atoms with Crippen molar-refractivity contribution >= 4 is 23.4 Å². The van der Waals surface area contributed by atoms with Crippen LogP contribution in [0.3, 0.4) is 0 Å². The number of hydrogen-bond donors (Lipinski definition) is 2. The molecule has 5 nitrogen and oxygen atoms in total. The third-order valence-electron chi connectivity index (χ3n) is 2.46. The van der Waals surface area contributed by atoms with E-state index in [0.717, 1.165) is 27.2 Å². The first-order valence-electron chi connectivity index (χ1n) is 5.81. The van der Waals surface area contributed by atoms with Gasteiger partial charge in [-0.3, -0.25) is 5.10 Å². The summed E-state index contributed by atoms with van der Waals surface area (Å²) in [5, 5.41) is 11.5. The van der Waals surface area contributed by atoms with E-state index in [1.165, 1.54) is 18.1 Å². The van der Waals surface area contributed by atoms with Gasteiger partial charge in [-0.25, -0.2) is 4.98 Å². The summed E-state index contributed by atoms with van der Waals surface area (Å²) < 4.78 is 5.00. The molecular formula is C12H15ClN4OS. The number of nitrogens with one attached hydrogen (secondary N) is 2. The molecule has 2 aromatic rings. The van der Waals surface area contributed by atoms with Crippen LogP contribution in [0.4, 0.5) is 0 Å². The van der Waals surface area contributed by atoms with Crippen LogP contribution in [-0.4, -0.2) is 35.4 Å². The second kappa shape index (κ2) is 7.49. The molecule has 0 saturated carbocycles. The van der Waals surface area contributed by atoms with Crippen molar-refractivity contribution in [2.24, 2.45) is 0 Å². The summed E-state index contributed by atoms with van der Waals surface area (Å²) >= 11 is 7.77. The van der Waals surface area contributed by atoms with E-state index in [9.17, 15) is 0 Å². The molecule has 0 unspecified atom stereocenters. The smallest absolute Gasteiger partial charge is 0.188 e. The van der Waals surface area contributed by atoms with E-state index in [0.29, 0.717) is 13.2 Å². The maximum Gasteiger partial charge on any atom is 0.188 e. The number of methoxy groups -OCH3 is 1. The Morgan fingerprint density at radius 1 is 1.47 bits per heavy atom. The highest BCUT2D eigenvalue weighted by atomic mass is 35.5. The van der Waals surface area contributed by atoms with E-state index >= 15 is 0 Å². The van der Waals surface area contributed by atoms with Crippen molar-refractivity contribution in [1.82, 2.24) is 20.5 Å². The van der Waals surface area contributed by atoms with E-state index in [4.69, 9.17) is 16.3 Å². The van der Waals surface area contributed by atoms with Crippen LogP contribution in [-0.2, 0) is 11.3 Å². The molecule has 0 atom stereocenters. The fourth-order valence-electron chi connectivity index (χ4n) is 1.54. The summed E-state index contributed by atoms with van der Waals surface area (Å²) in [5.74, 6) is 0. The summed E-state index contributed by atoms with van der Waals surface area (Å²) in [6.07, 6.45) is 1.49. The van der Waals surface area contributed by atoms with Gasteiger partial charge in [0.05, 0.1) is 6.61 Å². The van der Waals surface area contributed by atoms with Gasteiger partial charge in [-0.1, -0.05) is 17.7 Å². The van der Waals surface area contributed by atoms with Crippen molar-refractivity contribution in [3.8, 4) is 0 Å². The van der Waals surface area contributed by atoms with Crippen LogP contribution in [0.15, 0.2) is 34.6 Å². The zero-order valence-corrected chi connectivity index (χ0v) is 12.1. The normalized spacial score (nSPS) is 10.8. The highest BCUT2D eigenvalue weighted by Gasteiger charge is 2.09. The Labute approximate surface area is 121 Å². The lowest BCUT2D eigenvalue weighted by Crippen LogP contribution is -2.19. The third kappa shape index (κ3) is 4.21. The van der Waals surface area contributed by atoms with E-state index in [2.05, 4.69) is 20.5 Å². The first-order chi connectivity index (χ1) is 9.31. The monoisotopic (exact) mass is 298 g/mol. The largest absolute Gasteiger partial charge is 0.383 e. The predicted molar refractivity (Wildman–Crippen MR) is 75.5 cm³/mol. The van der Waals surface area contributed by atoms with Gasteiger partial charge in [-0.15, -0.1) is 0 Å². The van der Waals surface area contributed by atoms with Gasteiger partial charge in [0, 0.05) is 30.1 Å². The molecule has 2 N–H and O–H groups in total. The van der Waals surface area contributed by atoms with Crippen molar-refractivity contribution in [1.29, 1.82) is 0 Å². The van der Waals surface area contributed by atoms with Crippen LogP contribution in [0.5, 0.6) is 0 Å². The molecule has 7 heteroatoms. The minimum absolute atomic E-state index is 0.676. The number of hydrogen-bond acceptors (Lipinski definition) is 5. The van der Waals surface area contributed by atoms with Gasteiger partial charge in [0.15, 0.2) is 5.16 Å². The van der Waals surface area contributed by atoms with Gasteiger partial charge in [-0.2, -0.15) is 5.10 Å². The molecule has 2 rings (SSSR count). The van der Waals surface area contributed by atoms with Crippen LogP contribution < -0.4 is 5.32 Å². The maximum absolute atomic E-state index is 6.25. The molecule has 1 heterocycles. The van der Waals surface area contributed by atoms with Gasteiger partial charge in [-0.05, 0) is 29.5 Å². The Kier molecular flexibility index (Phi) is 5.65. The molecule has 0 saturated heterocycles. The van der Waals surface area contributed by atoms with E-state index in [1.807, 2.05) is 18.2 Å². The molecule has 1 aromatic carbocycles. The Bertz CT molecular complexity index is 506. The van der Waals surface area contributed by atoms with E-state index in [-0.39, 0.29) is 0 Å². The Hall–Kier alpha value is -1.08. The average molecular weight is 299 g/mol. The molecule has 0 spiro atoms. The van der Waals surface area contributed by atoms with Crippen molar-refractivity contribution < 1.29 is 4.74 Å². The van der Waals surface area contributed by atoms with Gasteiger partial charge in [0.25, 0.3) is 0 Å². The van der Waals surface area contributed by atoms with Crippen molar-refractivity contribution in [2.45, 2.75) is 16.6 Å². The zero-order chi connectivity index (χ0) is 13.5. The molecule has 102 valence electrons. The number of rotatable bonds is 7. The molecule has 0 aliphatic heterocycles. The standard InChI is InChI=1S/C12H15ClN4OS/c1-18-6-5-14-7-9-10(13)3-2-4-11(9)19-12-15-8-16-17-12/h2-4,8,14H,5-7H2,1H3,(H,15,16,17). The second-order valence-corrected chi connectivity index (χ2v) is 5.22. The van der Waals surface area contributed by atoms with Gasteiger partial charge >= 0.3 is 0 Å². The Morgan fingerprint density at radius 3 is 3.11 bits per heavy atom. The number of ether oxygens (including phenoxy) is 1. The summed E-state index contributed by atoms with van der Waals surface area (Å²) in [6.45, 7) is 2.16. The predicted octanol–water partition coefficient (Wildman–Crippen LogP) is 2.35. The Balaban J connectivity index is 2.07. The van der Waals surface area contributed by atoms with Crippen LogP contribution in [0, 0.1) is 0 Å². The SMILES string of the molecule is COCCNCc1c(Cl)cccc1Sc1ncn[nH]1. The summed E-state index contributed by atoms with van der Waals surface area (Å²) in [4.78, 5) is 5.17. The molecule has 0 aliphatic carbocycles. The van der Waals surface area contributed by atoms with E-state index < -0.39 is 0 Å². The average Bonchev–Trinajstić information content (AvgIpc) is 2.90. The van der Waals surface area contributed by atoms with E-state index in [1.54, 1.807) is 7.11 Å². The number of nitrogens with zero attached hydrogens (tertiary/aromatic N) is 2. The number of benzene rings is 1.